The molecule has 14 heteroatoms. The van der Waals surface area contributed by atoms with Crippen molar-refractivity contribution in [3.8, 4) is 11.6 Å². The molecule has 6 rings (SSSR count). The molecular formula is C57H83N7O7. The van der Waals surface area contributed by atoms with Gasteiger partial charge in [-0.05, 0) is 117 Å². The van der Waals surface area contributed by atoms with E-state index < -0.39 is 11.9 Å². The number of piperidine rings is 1. The molecule has 1 saturated carbocycles. The molecule has 2 fully saturated rings. The number of aliphatic carboxylic acids is 2. The van der Waals surface area contributed by atoms with Gasteiger partial charge < -0.3 is 24.6 Å². The van der Waals surface area contributed by atoms with Crippen LogP contribution in [0.2, 0.25) is 0 Å². The Labute approximate surface area is 423 Å². The number of methoxy groups -OCH3 is 1. The summed E-state index contributed by atoms with van der Waals surface area (Å²) in [5.74, 6) is 0.998. The molecular weight excluding hydrogens is 895 g/mol. The highest BCUT2D eigenvalue weighted by atomic mass is 16.5. The third-order valence-corrected chi connectivity index (χ3v) is 14.5. The van der Waals surface area contributed by atoms with Crippen molar-refractivity contribution >= 4 is 29.4 Å². The number of carbonyl (C=O) groups is 3. The maximum absolute atomic E-state index is 15.0. The van der Waals surface area contributed by atoms with E-state index in [1.54, 1.807) is 13.3 Å². The van der Waals surface area contributed by atoms with E-state index >= 15 is 4.79 Å². The average Bonchev–Trinajstić information content (AvgIpc) is 4.11. The maximum Gasteiger partial charge on any atom is 0.303 e. The van der Waals surface area contributed by atoms with Crippen molar-refractivity contribution in [3.05, 3.63) is 83.4 Å². The molecule has 0 spiro atoms. The topological polar surface area (TPSA) is 173 Å². The number of amides is 1. The molecule has 1 aromatic carbocycles. The summed E-state index contributed by atoms with van der Waals surface area (Å²) < 4.78 is 13.9. The van der Waals surface area contributed by atoms with Crippen LogP contribution in [0.4, 0.5) is 11.5 Å². The van der Waals surface area contributed by atoms with Gasteiger partial charge >= 0.3 is 11.9 Å². The Balaban J connectivity index is 0.951. The van der Waals surface area contributed by atoms with E-state index in [4.69, 9.17) is 19.6 Å². The lowest BCUT2D eigenvalue weighted by Gasteiger charge is -2.36. The minimum absolute atomic E-state index is 0.0101. The third-order valence-electron chi connectivity index (χ3n) is 14.5. The molecule has 71 heavy (non-hydrogen) atoms. The van der Waals surface area contributed by atoms with E-state index in [1.807, 2.05) is 65.0 Å². The average molecular weight is 978 g/mol. The first kappa shape index (κ1) is 54.8. The highest BCUT2D eigenvalue weighted by molar-refractivity contribution is 6.09. The molecule has 4 aromatic rings. The van der Waals surface area contributed by atoms with Crippen molar-refractivity contribution in [1.29, 1.82) is 0 Å². The van der Waals surface area contributed by atoms with Gasteiger partial charge in [-0.3, -0.25) is 24.0 Å². The Kier molecular flexibility index (Phi) is 22.0. The fourth-order valence-corrected chi connectivity index (χ4v) is 10.1. The van der Waals surface area contributed by atoms with E-state index in [0.29, 0.717) is 61.0 Å². The molecule has 2 aliphatic rings. The van der Waals surface area contributed by atoms with Gasteiger partial charge in [0.25, 0.3) is 5.91 Å². The van der Waals surface area contributed by atoms with Crippen molar-refractivity contribution in [1.82, 2.24) is 25.0 Å². The van der Waals surface area contributed by atoms with Crippen LogP contribution in [0, 0.1) is 24.2 Å². The second-order valence-corrected chi connectivity index (χ2v) is 21.2. The predicted octanol–water partition coefficient (Wildman–Crippen LogP) is 12.3. The highest BCUT2D eigenvalue weighted by Crippen LogP contribution is 2.45. The van der Waals surface area contributed by atoms with Crippen LogP contribution in [-0.2, 0) is 22.6 Å². The summed E-state index contributed by atoms with van der Waals surface area (Å²) in [6.07, 6.45) is 28.2. The third kappa shape index (κ3) is 18.9. The lowest BCUT2D eigenvalue weighted by Crippen LogP contribution is -2.42. The van der Waals surface area contributed by atoms with Crippen LogP contribution in [0.5, 0.6) is 11.6 Å². The zero-order valence-corrected chi connectivity index (χ0v) is 43.4. The largest absolute Gasteiger partial charge is 0.497 e. The lowest BCUT2D eigenvalue weighted by molar-refractivity contribution is -0.138. The molecule has 1 amide bonds. The predicted molar refractivity (Wildman–Crippen MR) is 280 cm³/mol. The second-order valence-electron chi connectivity index (χ2n) is 21.2. The molecule has 1 atom stereocenters. The number of ether oxygens (including phenoxy) is 2. The molecule has 0 unspecified atom stereocenters. The lowest BCUT2D eigenvalue weighted by atomic mass is 9.88. The molecule has 1 aliphatic carbocycles. The van der Waals surface area contributed by atoms with E-state index in [0.717, 1.165) is 99.9 Å². The molecule has 1 aliphatic heterocycles. The Bertz CT molecular complexity index is 2250. The number of unbranched alkanes of at least 4 members (excludes halogenated alkanes) is 14. The number of aryl methyl sites for hydroxylation is 3. The summed E-state index contributed by atoms with van der Waals surface area (Å²) in [6, 6.07) is 15.4. The number of anilines is 2. The van der Waals surface area contributed by atoms with Gasteiger partial charge in [-0.15, -0.1) is 5.10 Å². The van der Waals surface area contributed by atoms with Crippen molar-refractivity contribution in [3.63, 3.8) is 0 Å². The normalized spacial score (nSPS) is 14.6. The molecule has 1 saturated heterocycles. The van der Waals surface area contributed by atoms with Crippen LogP contribution >= 0.6 is 0 Å². The minimum atomic E-state index is -0.778. The fraction of sp³-hybridized carbons (Fsp3) is 0.632. The van der Waals surface area contributed by atoms with Crippen LogP contribution in [0.15, 0.2) is 60.9 Å². The van der Waals surface area contributed by atoms with Gasteiger partial charge in [0, 0.05) is 62.8 Å². The Morgan fingerprint density at radius 1 is 0.817 bits per heavy atom. The van der Waals surface area contributed by atoms with E-state index in [9.17, 15) is 14.7 Å². The first-order valence-electron chi connectivity index (χ1n) is 27.0. The molecule has 2 N–H and O–H groups in total. The number of rotatable bonds is 34. The van der Waals surface area contributed by atoms with E-state index in [2.05, 4.69) is 40.2 Å². The molecule has 3 aromatic heterocycles. The van der Waals surface area contributed by atoms with Crippen LogP contribution < -0.4 is 19.3 Å². The molecule has 4 heterocycles. The number of pyridine rings is 2. The molecule has 0 bridgehead atoms. The maximum atomic E-state index is 15.0. The quantitative estimate of drug-likeness (QED) is 0.0425. The van der Waals surface area contributed by atoms with Crippen molar-refractivity contribution in [2.45, 2.75) is 181 Å². The van der Waals surface area contributed by atoms with Gasteiger partial charge in [0.1, 0.15) is 11.6 Å². The zero-order chi connectivity index (χ0) is 50.4. The minimum Gasteiger partial charge on any atom is -0.497 e. The Hall–Kier alpha value is -5.53. The number of nitrogens with zero attached hydrogens (tertiary/aromatic N) is 7. The van der Waals surface area contributed by atoms with Gasteiger partial charge in [-0.1, -0.05) is 109 Å². The van der Waals surface area contributed by atoms with Gasteiger partial charge in [-0.25, -0.2) is 9.97 Å². The number of benzene rings is 1. The van der Waals surface area contributed by atoms with E-state index in [-0.39, 0.29) is 23.7 Å². The number of carboxylic acids is 2. The standard InChI is InChI=1S/C57H83N7O7/c1-43-21-20-23-52(59-43)64(42-57(2,3)32-36-63-40-47(60-61-63)22-18-16-14-12-10-8-6-5-7-9-11-13-15-17-19-24-54(65)66)56(69)49-28-27-48(70-4)38-51(49)62-34-30-44(31-35-62)41-71-53-37-46(29-33-58-53)50(39-55(67)68)45-25-26-45/h20-21,23,27-29,33,37-38,40,44-45,50H,5-19,22,24-26,30-32,34-36,39,41-42H2,1-4H3,(H,65,66)(H,67,68)/t50-/m0/s1. The summed E-state index contributed by atoms with van der Waals surface area (Å²) in [4.78, 5) is 50.7. The molecule has 0 radical (unpaired) electrons. The summed E-state index contributed by atoms with van der Waals surface area (Å²) in [6.45, 7) is 9.52. The highest BCUT2D eigenvalue weighted by Gasteiger charge is 2.35. The summed E-state index contributed by atoms with van der Waals surface area (Å²) >= 11 is 0. The van der Waals surface area contributed by atoms with Crippen molar-refractivity contribution in [2.24, 2.45) is 17.3 Å². The number of aromatic nitrogens is 5. The van der Waals surface area contributed by atoms with Crippen LogP contribution in [0.25, 0.3) is 0 Å². The summed E-state index contributed by atoms with van der Waals surface area (Å²) in [5.41, 5.74) is 4.03. The van der Waals surface area contributed by atoms with Crippen molar-refractivity contribution in [2.75, 3.05) is 43.2 Å². The number of carboxylic acid groups (broad SMARTS) is 2. The number of hydrogen-bond donors (Lipinski definition) is 2. The SMILES string of the molecule is COc1ccc(C(=O)N(CC(C)(C)CCn2cc(CCCCCCCCCCCCCCCCCC(=O)O)nn2)c2cccc(C)n2)c(N2CCC(COc3cc([C@@H](CC(=O)O)C4CC4)ccn3)CC2)c1. The summed E-state index contributed by atoms with van der Waals surface area (Å²) in [5, 5.41) is 27.3. The first-order valence-corrected chi connectivity index (χ1v) is 27.0. The Morgan fingerprint density at radius 3 is 2.10 bits per heavy atom. The van der Waals surface area contributed by atoms with Crippen molar-refractivity contribution < 1.29 is 34.1 Å². The van der Waals surface area contributed by atoms with Crippen LogP contribution in [0.1, 0.15) is 188 Å². The first-order chi connectivity index (χ1) is 34.4. The molecule has 14 nitrogen and oxygen atoms in total. The Morgan fingerprint density at radius 2 is 1.48 bits per heavy atom. The fourth-order valence-electron chi connectivity index (χ4n) is 10.1. The summed E-state index contributed by atoms with van der Waals surface area (Å²) in [7, 11) is 1.65. The van der Waals surface area contributed by atoms with Crippen LogP contribution in [0.3, 0.4) is 0 Å². The number of hydrogen-bond acceptors (Lipinski definition) is 10. The van der Waals surface area contributed by atoms with Gasteiger partial charge in [0.2, 0.25) is 5.88 Å². The van der Waals surface area contributed by atoms with Gasteiger partial charge in [-0.2, -0.15) is 0 Å². The zero-order valence-electron chi connectivity index (χ0n) is 43.4. The monoisotopic (exact) mass is 978 g/mol. The van der Waals surface area contributed by atoms with E-state index in [1.165, 1.54) is 70.6 Å². The van der Waals surface area contributed by atoms with Gasteiger partial charge in [0.15, 0.2) is 0 Å². The smallest absolute Gasteiger partial charge is 0.303 e. The number of carbonyl (C=O) groups excluding carboxylic acids is 1. The van der Waals surface area contributed by atoms with Crippen LogP contribution in [-0.4, -0.2) is 86.4 Å². The molecule has 388 valence electrons. The second kappa shape index (κ2) is 28.5. The van der Waals surface area contributed by atoms with Gasteiger partial charge in [0.05, 0.1) is 37.1 Å².